The third kappa shape index (κ3) is 1.44. The molecule has 2 aliphatic carbocycles. The summed E-state index contributed by atoms with van der Waals surface area (Å²) in [4.78, 5) is 4.84. The molecule has 0 atom stereocenters. The van der Waals surface area contributed by atoms with E-state index in [0.29, 0.717) is 0 Å². The van der Waals surface area contributed by atoms with E-state index in [0.717, 1.165) is 12.5 Å². The van der Waals surface area contributed by atoms with E-state index in [1.54, 1.807) is 0 Å². The number of rotatable bonds is 3. The maximum absolute atomic E-state index is 5.90. The van der Waals surface area contributed by atoms with Crippen LogP contribution < -0.4 is 5.73 Å². The second-order valence-electron chi connectivity index (χ2n) is 5.04. The molecule has 1 heterocycles. The molecule has 2 fully saturated rings. The Morgan fingerprint density at radius 3 is 2.67 bits per heavy atom. The zero-order valence-corrected chi connectivity index (χ0v) is 9.85. The average molecular weight is 222 g/mol. The summed E-state index contributed by atoms with van der Waals surface area (Å²) in [6, 6.07) is 0. The van der Waals surface area contributed by atoms with Crippen LogP contribution in [0.15, 0.2) is 5.38 Å². The molecule has 0 saturated heterocycles. The minimum absolute atomic E-state index is 0.270. The first-order chi connectivity index (χ1) is 7.34. The van der Waals surface area contributed by atoms with Crippen molar-refractivity contribution < 1.29 is 0 Å². The Kier molecular flexibility index (Phi) is 2.33. The largest absolute Gasteiger partial charge is 0.329 e. The van der Waals surface area contributed by atoms with Crippen LogP contribution in [0.3, 0.4) is 0 Å². The predicted octanol–water partition coefficient (Wildman–Crippen LogP) is 2.79. The first-order valence-electron chi connectivity index (χ1n) is 6.00. The van der Waals surface area contributed by atoms with Crippen LogP contribution in [0.4, 0.5) is 0 Å². The van der Waals surface area contributed by atoms with Crippen molar-refractivity contribution in [3.8, 4) is 0 Å². The van der Waals surface area contributed by atoms with Crippen molar-refractivity contribution in [1.82, 2.24) is 4.98 Å². The molecule has 0 aromatic carbocycles. The molecule has 2 aliphatic rings. The van der Waals surface area contributed by atoms with Gasteiger partial charge in [0.25, 0.3) is 0 Å². The van der Waals surface area contributed by atoms with Gasteiger partial charge in [0.1, 0.15) is 5.01 Å². The van der Waals surface area contributed by atoms with E-state index in [1.165, 1.54) is 49.2 Å². The van der Waals surface area contributed by atoms with Crippen molar-refractivity contribution in [3.63, 3.8) is 0 Å². The van der Waals surface area contributed by atoms with Gasteiger partial charge in [-0.1, -0.05) is 12.8 Å². The van der Waals surface area contributed by atoms with E-state index in [9.17, 15) is 0 Å². The molecule has 2 N–H and O–H groups in total. The van der Waals surface area contributed by atoms with Crippen molar-refractivity contribution in [2.45, 2.75) is 49.9 Å². The maximum Gasteiger partial charge on any atom is 0.100 e. The normalized spacial score (nSPS) is 24.6. The van der Waals surface area contributed by atoms with Gasteiger partial charge in [-0.15, -0.1) is 11.3 Å². The molecule has 15 heavy (non-hydrogen) atoms. The summed E-state index contributed by atoms with van der Waals surface area (Å²) in [5, 5.41) is 3.59. The number of nitrogens with zero attached hydrogens (tertiary/aromatic N) is 1. The summed E-state index contributed by atoms with van der Waals surface area (Å²) in [6.07, 6.45) is 7.91. The van der Waals surface area contributed by atoms with E-state index < -0.39 is 0 Å². The molecule has 0 radical (unpaired) electrons. The highest BCUT2D eigenvalue weighted by molar-refractivity contribution is 7.09. The van der Waals surface area contributed by atoms with Crippen LogP contribution >= 0.6 is 11.3 Å². The Bertz CT molecular complexity index is 345. The molecule has 1 aromatic heterocycles. The zero-order chi connectivity index (χ0) is 10.3. The minimum atomic E-state index is 0.270. The highest BCUT2D eigenvalue weighted by Gasteiger charge is 2.40. The molecule has 3 rings (SSSR count). The van der Waals surface area contributed by atoms with Crippen LogP contribution in [-0.2, 0) is 5.41 Å². The fourth-order valence-corrected chi connectivity index (χ4v) is 3.70. The van der Waals surface area contributed by atoms with E-state index in [1.807, 2.05) is 11.3 Å². The minimum Gasteiger partial charge on any atom is -0.329 e. The molecule has 0 spiro atoms. The SMILES string of the molecule is NCC1(c2nc(C3CCC3)cs2)CCC1. The molecule has 0 amide bonds. The first-order valence-corrected chi connectivity index (χ1v) is 6.88. The van der Waals surface area contributed by atoms with Crippen molar-refractivity contribution in [2.24, 2.45) is 5.73 Å². The van der Waals surface area contributed by atoms with Gasteiger partial charge in [0.05, 0.1) is 5.69 Å². The smallest absolute Gasteiger partial charge is 0.100 e. The molecule has 2 saturated carbocycles. The number of aromatic nitrogens is 1. The molecule has 82 valence electrons. The summed E-state index contributed by atoms with van der Waals surface area (Å²) in [5.41, 5.74) is 7.52. The summed E-state index contributed by atoms with van der Waals surface area (Å²) >= 11 is 1.84. The molecule has 0 bridgehead atoms. The molecule has 0 aliphatic heterocycles. The van der Waals surface area contributed by atoms with Crippen molar-refractivity contribution in [1.29, 1.82) is 0 Å². The quantitative estimate of drug-likeness (QED) is 0.854. The highest BCUT2D eigenvalue weighted by Crippen LogP contribution is 2.45. The summed E-state index contributed by atoms with van der Waals surface area (Å²) < 4.78 is 0. The molecular formula is C12H18N2S. The predicted molar refractivity (Wildman–Crippen MR) is 63.3 cm³/mol. The van der Waals surface area contributed by atoms with E-state index in [4.69, 9.17) is 10.7 Å². The zero-order valence-electron chi connectivity index (χ0n) is 9.04. The monoisotopic (exact) mass is 222 g/mol. The van der Waals surface area contributed by atoms with Crippen LogP contribution in [-0.4, -0.2) is 11.5 Å². The second-order valence-corrected chi connectivity index (χ2v) is 5.90. The lowest BCUT2D eigenvalue weighted by molar-refractivity contribution is 0.251. The van der Waals surface area contributed by atoms with Crippen LogP contribution in [0, 0.1) is 0 Å². The number of nitrogens with two attached hydrogens (primary N) is 1. The molecule has 1 aromatic rings. The van der Waals surface area contributed by atoms with E-state index >= 15 is 0 Å². The Morgan fingerprint density at radius 1 is 1.40 bits per heavy atom. The standard InChI is InChI=1S/C12H18N2S/c13-8-12(5-2-6-12)11-14-10(7-15-11)9-3-1-4-9/h7,9H,1-6,8,13H2. The van der Waals surface area contributed by atoms with Crippen molar-refractivity contribution in [3.05, 3.63) is 16.1 Å². The summed E-state index contributed by atoms with van der Waals surface area (Å²) in [6.45, 7) is 0.782. The van der Waals surface area contributed by atoms with Crippen LogP contribution in [0.2, 0.25) is 0 Å². The lowest BCUT2D eigenvalue weighted by Gasteiger charge is -2.39. The fourth-order valence-electron chi connectivity index (χ4n) is 2.53. The third-order valence-corrected chi connectivity index (χ3v) is 5.31. The van der Waals surface area contributed by atoms with Crippen LogP contribution in [0.1, 0.15) is 55.1 Å². The number of thiazole rings is 1. The van der Waals surface area contributed by atoms with Gasteiger partial charge in [0.2, 0.25) is 0 Å². The highest BCUT2D eigenvalue weighted by atomic mass is 32.1. The van der Waals surface area contributed by atoms with Crippen LogP contribution in [0.25, 0.3) is 0 Å². The third-order valence-electron chi connectivity index (χ3n) is 4.20. The lowest BCUT2D eigenvalue weighted by atomic mass is 9.69. The summed E-state index contributed by atoms with van der Waals surface area (Å²) in [7, 11) is 0. The molecule has 2 nitrogen and oxygen atoms in total. The Balaban J connectivity index is 1.82. The average Bonchev–Trinajstić information content (AvgIpc) is 2.50. The van der Waals surface area contributed by atoms with Gasteiger partial charge in [-0.25, -0.2) is 4.98 Å². The number of hydrogen-bond acceptors (Lipinski definition) is 3. The van der Waals surface area contributed by atoms with Gasteiger partial charge in [-0.2, -0.15) is 0 Å². The Labute approximate surface area is 94.9 Å². The topological polar surface area (TPSA) is 38.9 Å². The lowest BCUT2D eigenvalue weighted by Crippen LogP contribution is -2.41. The molecule has 0 unspecified atom stereocenters. The van der Waals surface area contributed by atoms with Gasteiger partial charge in [0, 0.05) is 23.3 Å². The van der Waals surface area contributed by atoms with Gasteiger partial charge < -0.3 is 5.73 Å². The Morgan fingerprint density at radius 2 is 2.20 bits per heavy atom. The number of hydrogen-bond donors (Lipinski definition) is 1. The van der Waals surface area contributed by atoms with Crippen molar-refractivity contribution >= 4 is 11.3 Å². The van der Waals surface area contributed by atoms with Gasteiger partial charge in [-0.3, -0.25) is 0 Å². The molecular weight excluding hydrogens is 204 g/mol. The summed E-state index contributed by atoms with van der Waals surface area (Å²) in [5.74, 6) is 0.768. The fraction of sp³-hybridized carbons (Fsp3) is 0.750. The Hall–Kier alpha value is -0.410. The van der Waals surface area contributed by atoms with Gasteiger partial charge in [0.15, 0.2) is 0 Å². The van der Waals surface area contributed by atoms with E-state index in [2.05, 4.69) is 5.38 Å². The second kappa shape index (κ2) is 3.56. The maximum atomic E-state index is 5.90. The first kappa shape index (κ1) is 9.79. The van der Waals surface area contributed by atoms with Crippen LogP contribution in [0.5, 0.6) is 0 Å². The van der Waals surface area contributed by atoms with E-state index in [-0.39, 0.29) is 5.41 Å². The van der Waals surface area contributed by atoms with Gasteiger partial charge >= 0.3 is 0 Å². The van der Waals surface area contributed by atoms with Gasteiger partial charge in [-0.05, 0) is 25.7 Å². The molecule has 3 heteroatoms. The van der Waals surface area contributed by atoms with Crippen molar-refractivity contribution in [2.75, 3.05) is 6.54 Å².